The fourth-order valence-electron chi connectivity index (χ4n) is 3.50. The minimum absolute atomic E-state index is 0.0127. The lowest BCUT2D eigenvalue weighted by Crippen LogP contribution is -2.26. The topological polar surface area (TPSA) is 64.0 Å². The number of thioether (sulfide) groups is 2. The summed E-state index contributed by atoms with van der Waals surface area (Å²) < 4.78 is 1.70. The highest BCUT2D eigenvalue weighted by atomic mass is 32.2. The molecular formula is C24H25N3O2S2. The average molecular weight is 452 g/mol. The highest BCUT2D eigenvalue weighted by Crippen LogP contribution is 2.34. The van der Waals surface area contributed by atoms with Gasteiger partial charge in [0.15, 0.2) is 5.16 Å². The number of anilines is 1. The Morgan fingerprint density at radius 3 is 2.61 bits per heavy atom. The van der Waals surface area contributed by atoms with Gasteiger partial charge in [-0.05, 0) is 29.7 Å². The largest absolute Gasteiger partial charge is 0.325 e. The third-order valence-electron chi connectivity index (χ3n) is 5.12. The molecule has 7 heteroatoms. The van der Waals surface area contributed by atoms with Crippen molar-refractivity contribution < 1.29 is 4.79 Å². The van der Waals surface area contributed by atoms with E-state index in [-0.39, 0.29) is 17.2 Å². The smallest absolute Gasteiger partial charge is 0.268 e. The van der Waals surface area contributed by atoms with Crippen molar-refractivity contribution in [3.05, 3.63) is 81.8 Å². The van der Waals surface area contributed by atoms with Gasteiger partial charge in [0.2, 0.25) is 5.91 Å². The van der Waals surface area contributed by atoms with E-state index < -0.39 is 0 Å². The van der Waals surface area contributed by atoms with Crippen LogP contribution in [0.15, 0.2) is 69.4 Å². The van der Waals surface area contributed by atoms with Gasteiger partial charge < -0.3 is 5.32 Å². The Labute approximate surface area is 190 Å². The summed E-state index contributed by atoms with van der Waals surface area (Å²) in [7, 11) is 0. The zero-order valence-electron chi connectivity index (χ0n) is 17.6. The van der Waals surface area contributed by atoms with E-state index in [1.807, 2.05) is 54.6 Å². The molecule has 5 nitrogen and oxygen atoms in total. The summed E-state index contributed by atoms with van der Waals surface area (Å²) in [6, 6.07) is 17.7. The van der Waals surface area contributed by atoms with E-state index in [0.29, 0.717) is 17.0 Å². The fourth-order valence-corrected chi connectivity index (χ4v) is 5.43. The molecule has 3 aromatic rings. The Kier molecular flexibility index (Phi) is 6.83. The van der Waals surface area contributed by atoms with Crippen molar-refractivity contribution in [1.82, 2.24) is 9.55 Å². The van der Waals surface area contributed by atoms with Crippen LogP contribution < -0.4 is 10.9 Å². The molecular weight excluding hydrogens is 426 g/mol. The number of amides is 1. The zero-order valence-corrected chi connectivity index (χ0v) is 19.3. The van der Waals surface area contributed by atoms with Gasteiger partial charge >= 0.3 is 0 Å². The molecule has 31 heavy (non-hydrogen) atoms. The molecule has 1 atom stereocenters. The molecule has 1 amide bonds. The molecule has 0 bridgehead atoms. The van der Waals surface area contributed by atoms with E-state index >= 15 is 0 Å². The lowest BCUT2D eigenvalue weighted by atomic mass is 10.1. The number of nitrogens with one attached hydrogen (secondary N) is 1. The van der Waals surface area contributed by atoms with E-state index in [2.05, 4.69) is 19.2 Å². The van der Waals surface area contributed by atoms with Crippen molar-refractivity contribution in [2.75, 3.05) is 11.1 Å². The molecule has 0 spiro atoms. The summed E-state index contributed by atoms with van der Waals surface area (Å²) in [5, 5.41) is 3.87. The van der Waals surface area contributed by atoms with Crippen LogP contribution in [0.5, 0.6) is 0 Å². The summed E-state index contributed by atoms with van der Waals surface area (Å²) in [4.78, 5) is 31.3. The normalized spacial score (nSPS) is 15.0. The minimum atomic E-state index is -0.113. The lowest BCUT2D eigenvalue weighted by molar-refractivity contribution is -0.113. The van der Waals surface area contributed by atoms with Crippen LogP contribution in [0.25, 0.3) is 0 Å². The molecule has 0 saturated heterocycles. The summed E-state index contributed by atoms with van der Waals surface area (Å²) >= 11 is 2.91. The highest BCUT2D eigenvalue weighted by molar-refractivity contribution is 8.00. The van der Waals surface area contributed by atoms with Crippen LogP contribution in [0.3, 0.4) is 0 Å². The number of hydrogen-bond acceptors (Lipinski definition) is 5. The van der Waals surface area contributed by atoms with Crippen LogP contribution in [0.1, 0.15) is 30.7 Å². The first kappa shape index (κ1) is 21.7. The third kappa shape index (κ3) is 5.22. The van der Waals surface area contributed by atoms with Crippen molar-refractivity contribution in [2.24, 2.45) is 0 Å². The van der Waals surface area contributed by atoms with Crippen molar-refractivity contribution in [3.63, 3.8) is 0 Å². The summed E-state index contributed by atoms with van der Waals surface area (Å²) in [5.41, 5.74) is 3.87. The maximum atomic E-state index is 13.2. The van der Waals surface area contributed by atoms with Crippen molar-refractivity contribution in [1.29, 1.82) is 0 Å². The van der Waals surface area contributed by atoms with Crippen molar-refractivity contribution in [2.45, 2.75) is 48.5 Å². The highest BCUT2D eigenvalue weighted by Gasteiger charge is 2.26. The molecule has 2 aromatic carbocycles. The Hall–Kier alpha value is -2.51. The third-order valence-corrected chi connectivity index (χ3v) is 7.32. The number of aromatic nitrogens is 2. The van der Waals surface area contributed by atoms with Crippen LogP contribution >= 0.6 is 23.5 Å². The molecule has 0 aliphatic carbocycles. The number of hydrogen-bond donors (Lipinski definition) is 1. The summed E-state index contributed by atoms with van der Waals surface area (Å²) in [6.45, 7) is 4.65. The van der Waals surface area contributed by atoms with Gasteiger partial charge in [-0.15, -0.1) is 11.8 Å². The van der Waals surface area contributed by atoms with Crippen LogP contribution in [-0.4, -0.2) is 26.5 Å². The second-order valence-electron chi connectivity index (χ2n) is 7.57. The van der Waals surface area contributed by atoms with Crippen LogP contribution in [0, 0.1) is 0 Å². The number of fused-ring (bicyclic) bond motifs is 1. The first-order valence-electron chi connectivity index (χ1n) is 10.4. The van der Waals surface area contributed by atoms with Crippen molar-refractivity contribution >= 4 is 35.1 Å². The number of benzene rings is 2. The van der Waals surface area contributed by atoms with E-state index in [4.69, 9.17) is 4.98 Å². The Bertz CT molecular complexity index is 1130. The number of carbonyl (C=O) groups excluding carboxylic acids is 1. The molecule has 2 heterocycles. The molecule has 1 aliphatic rings. The zero-order chi connectivity index (χ0) is 21.8. The molecule has 1 N–H and O–H groups in total. The van der Waals surface area contributed by atoms with Crippen LogP contribution in [0.4, 0.5) is 5.69 Å². The Morgan fingerprint density at radius 2 is 1.90 bits per heavy atom. The van der Waals surface area contributed by atoms with Gasteiger partial charge in [-0.3, -0.25) is 14.2 Å². The molecule has 4 rings (SSSR count). The molecule has 1 aromatic heterocycles. The van der Waals surface area contributed by atoms with Gasteiger partial charge in [0, 0.05) is 17.4 Å². The predicted octanol–water partition coefficient (Wildman–Crippen LogP) is 4.62. The Morgan fingerprint density at radius 1 is 1.16 bits per heavy atom. The maximum absolute atomic E-state index is 13.2. The lowest BCUT2D eigenvalue weighted by Gasteiger charge is -2.14. The minimum Gasteiger partial charge on any atom is -0.325 e. The Balaban J connectivity index is 1.53. The number of aryl methyl sites for hydroxylation is 1. The van der Waals surface area contributed by atoms with Gasteiger partial charge in [-0.1, -0.05) is 68.1 Å². The average Bonchev–Trinajstić information content (AvgIpc) is 3.16. The molecule has 0 saturated carbocycles. The number of rotatable bonds is 7. The summed E-state index contributed by atoms with van der Waals surface area (Å²) in [6.07, 6.45) is 1.74. The first-order chi connectivity index (χ1) is 15.0. The second kappa shape index (κ2) is 9.75. The quantitative estimate of drug-likeness (QED) is 0.419. The van der Waals surface area contributed by atoms with Gasteiger partial charge in [-0.25, -0.2) is 4.98 Å². The monoisotopic (exact) mass is 451 g/mol. The maximum Gasteiger partial charge on any atom is 0.268 e. The number of carbonyl (C=O) groups is 1. The molecule has 1 aliphatic heterocycles. The molecule has 0 fully saturated rings. The van der Waals surface area contributed by atoms with Crippen molar-refractivity contribution in [3.8, 4) is 0 Å². The summed E-state index contributed by atoms with van der Waals surface area (Å²) in [5.74, 6) is 0.0797. The second-order valence-corrected chi connectivity index (χ2v) is 9.96. The first-order valence-corrected chi connectivity index (χ1v) is 12.3. The number of nitrogens with zero attached hydrogens (tertiary/aromatic N) is 2. The predicted molar refractivity (Wildman–Crippen MR) is 128 cm³/mol. The van der Waals surface area contributed by atoms with Crippen LogP contribution in [0.2, 0.25) is 0 Å². The molecule has 0 radical (unpaired) electrons. The fraction of sp³-hybridized carbons (Fsp3) is 0.292. The molecule has 1 unspecified atom stereocenters. The van der Waals surface area contributed by atoms with Gasteiger partial charge in [0.05, 0.1) is 22.9 Å². The van der Waals surface area contributed by atoms with Gasteiger partial charge in [0.1, 0.15) is 0 Å². The SMILES string of the molecule is CCc1ccc(NC(=O)CSc2nc3c(c(=O)n2Cc2ccccc2)SC(C)C3)cc1. The van der Waals surface area contributed by atoms with Gasteiger partial charge in [-0.2, -0.15) is 0 Å². The van der Waals surface area contributed by atoms with E-state index in [1.54, 1.807) is 16.3 Å². The van der Waals surface area contributed by atoms with Crippen LogP contribution in [-0.2, 0) is 24.2 Å². The van der Waals surface area contributed by atoms with E-state index in [9.17, 15) is 9.59 Å². The van der Waals surface area contributed by atoms with E-state index in [1.165, 1.54) is 17.3 Å². The molecule has 160 valence electrons. The van der Waals surface area contributed by atoms with E-state index in [0.717, 1.165) is 34.7 Å². The standard InChI is InChI=1S/C24H25N3O2S2/c1-3-17-9-11-19(12-10-17)25-21(28)15-30-24-26-20-13-16(2)31-22(20)23(29)27(24)14-18-7-5-4-6-8-18/h4-12,16H,3,13-15H2,1-2H3,(H,25,28). The van der Waals surface area contributed by atoms with Gasteiger partial charge in [0.25, 0.3) is 5.56 Å².